The second kappa shape index (κ2) is 8.34. The van der Waals surface area contributed by atoms with Crippen molar-refractivity contribution in [1.29, 1.82) is 0 Å². The minimum atomic E-state index is -0.360. The molecule has 0 saturated heterocycles. The molecule has 2 heterocycles. The van der Waals surface area contributed by atoms with E-state index in [1.54, 1.807) is 30.3 Å². The Hall–Kier alpha value is -4.01. The number of hydrogen-bond acceptors (Lipinski definition) is 8. The summed E-state index contributed by atoms with van der Waals surface area (Å²) in [5.41, 5.74) is 0.783. The summed E-state index contributed by atoms with van der Waals surface area (Å²) in [6.07, 6.45) is 0. The Balaban J connectivity index is 1.31. The van der Waals surface area contributed by atoms with Crippen molar-refractivity contribution in [2.45, 2.75) is 0 Å². The Kier molecular flexibility index (Phi) is 5.28. The Morgan fingerprint density at radius 3 is 2.55 bits per heavy atom. The molecule has 4 rings (SSSR count). The maximum atomic E-state index is 12.1. The van der Waals surface area contributed by atoms with Crippen molar-refractivity contribution < 1.29 is 23.7 Å². The lowest BCUT2D eigenvalue weighted by molar-refractivity contribution is -0.118. The summed E-state index contributed by atoms with van der Waals surface area (Å²) in [5, 5.41) is 13.8. The first-order valence-electron chi connectivity index (χ1n) is 8.77. The van der Waals surface area contributed by atoms with Crippen molar-refractivity contribution in [3.8, 4) is 23.0 Å². The van der Waals surface area contributed by atoms with E-state index in [1.165, 1.54) is 7.11 Å². The van der Waals surface area contributed by atoms with Crippen molar-refractivity contribution in [3.05, 3.63) is 54.6 Å². The molecule has 0 atom stereocenters. The van der Waals surface area contributed by atoms with Crippen LogP contribution in [0.4, 0.5) is 17.3 Å². The minimum absolute atomic E-state index is 0.181. The van der Waals surface area contributed by atoms with Crippen LogP contribution in [0.5, 0.6) is 23.0 Å². The van der Waals surface area contributed by atoms with Crippen molar-refractivity contribution in [1.82, 2.24) is 10.2 Å². The number of para-hydroxylation sites is 2. The number of amides is 1. The van der Waals surface area contributed by atoms with E-state index in [0.717, 1.165) is 5.69 Å². The Morgan fingerprint density at radius 2 is 1.76 bits per heavy atom. The van der Waals surface area contributed by atoms with E-state index in [4.69, 9.17) is 18.9 Å². The van der Waals surface area contributed by atoms with Crippen LogP contribution in [0.3, 0.4) is 0 Å². The average molecular weight is 394 g/mol. The third-order valence-corrected chi connectivity index (χ3v) is 4.00. The topological polar surface area (TPSA) is 104 Å². The number of nitrogens with zero attached hydrogens (tertiary/aromatic N) is 2. The largest absolute Gasteiger partial charge is 0.493 e. The number of rotatable bonds is 7. The number of benzene rings is 2. The molecule has 0 bridgehead atoms. The fourth-order valence-corrected chi connectivity index (χ4v) is 2.65. The summed E-state index contributed by atoms with van der Waals surface area (Å²) < 4.78 is 21.3. The quantitative estimate of drug-likeness (QED) is 0.630. The molecule has 2 N–H and O–H groups in total. The zero-order chi connectivity index (χ0) is 20.1. The molecule has 1 aliphatic heterocycles. The third-order valence-electron chi connectivity index (χ3n) is 4.00. The van der Waals surface area contributed by atoms with Crippen LogP contribution in [0.2, 0.25) is 0 Å². The van der Waals surface area contributed by atoms with E-state index < -0.39 is 0 Å². The van der Waals surface area contributed by atoms with Crippen LogP contribution >= 0.6 is 0 Å². The zero-order valence-corrected chi connectivity index (χ0v) is 15.5. The number of aromatic nitrogens is 2. The maximum Gasteiger partial charge on any atom is 0.263 e. The predicted molar refractivity (Wildman–Crippen MR) is 105 cm³/mol. The van der Waals surface area contributed by atoms with Gasteiger partial charge in [0.2, 0.25) is 6.79 Å². The smallest absolute Gasteiger partial charge is 0.263 e. The number of ether oxygens (including phenoxy) is 4. The molecule has 0 radical (unpaired) electrons. The van der Waals surface area contributed by atoms with Gasteiger partial charge in [0, 0.05) is 11.8 Å². The van der Waals surface area contributed by atoms with Gasteiger partial charge < -0.3 is 29.6 Å². The van der Waals surface area contributed by atoms with Gasteiger partial charge in [-0.05, 0) is 36.4 Å². The first-order valence-corrected chi connectivity index (χ1v) is 8.77. The Labute approximate surface area is 166 Å². The fourth-order valence-electron chi connectivity index (χ4n) is 2.65. The van der Waals surface area contributed by atoms with E-state index in [-0.39, 0.29) is 19.3 Å². The second-order valence-corrected chi connectivity index (χ2v) is 5.98. The summed E-state index contributed by atoms with van der Waals surface area (Å²) in [4.78, 5) is 12.1. The highest BCUT2D eigenvalue weighted by Gasteiger charge is 2.13. The van der Waals surface area contributed by atoms with E-state index in [9.17, 15) is 4.79 Å². The standard InChI is InChI=1S/C20H18N4O5/c1-26-14-4-2-3-5-15(14)27-11-20(25)22-19-9-8-18(23-24-19)21-13-6-7-16-17(10-13)29-12-28-16/h2-10H,11-12H2,1H3,(H,21,23)(H,22,24,25). The number of carbonyl (C=O) groups excluding carboxylic acids is 1. The average Bonchev–Trinajstić information content (AvgIpc) is 3.22. The van der Waals surface area contributed by atoms with Crippen LogP contribution < -0.4 is 29.6 Å². The van der Waals surface area contributed by atoms with Gasteiger partial charge in [0.05, 0.1) is 7.11 Å². The van der Waals surface area contributed by atoms with Crippen molar-refractivity contribution in [2.24, 2.45) is 0 Å². The molecular weight excluding hydrogens is 376 g/mol. The van der Waals surface area contributed by atoms with E-state index >= 15 is 0 Å². The Morgan fingerprint density at radius 1 is 1.00 bits per heavy atom. The Bertz CT molecular complexity index is 1010. The van der Waals surface area contributed by atoms with Gasteiger partial charge in [-0.2, -0.15) is 0 Å². The van der Waals surface area contributed by atoms with Gasteiger partial charge in [-0.1, -0.05) is 12.1 Å². The van der Waals surface area contributed by atoms with Gasteiger partial charge in [0.25, 0.3) is 5.91 Å². The summed E-state index contributed by atoms with van der Waals surface area (Å²) in [7, 11) is 1.54. The fraction of sp³-hybridized carbons (Fsp3) is 0.150. The van der Waals surface area contributed by atoms with Crippen LogP contribution in [0.25, 0.3) is 0 Å². The SMILES string of the molecule is COc1ccccc1OCC(=O)Nc1ccc(Nc2ccc3c(c2)OCO3)nn1. The van der Waals surface area contributed by atoms with Crippen LogP contribution in [0.1, 0.15) is 0 Å². The van der Waals surface area contributed by atoms with Crippen LogP contribution in [0.15, 0.2) is 54.6 Å². The monoisotopic (exact) mass is 394 g/mol. The van der Waals surface area contributed by atoms with Crippen LogP contribution in [-0.2, 0) is 4.79 Å². The minimum Gasteiger partial charge on any atom is -0.493 e. The van der Waals surface area contributed by atoms with E-state index in [1.807, 2.05) is 24.3 Å². The third kappa shape index (κ3) is 4.46. The van der Waals surface area contributed by atoms with E-state index in [2.05, 4.69) is 20.8 Å². The molecule has 9 nitrogen and oxygen atoms in total. The highest BCUT2D eigenvalue weighted by molar-refractivity contribution is 5.91. The van der Waals surface area contributed by atoms with Gasteiger partial charge >= 0.3 is 0 Å². The number of nitrogens with one attached hydrogen (secondary N) is 2. The normalized spacial score (nSPS) is 11.6. The zero-order valence-electron chi connectivity index (χ0n) is 15.5. The number of anilines is 3. The van der Waals surface area contributed by atoms with E-state index in [0.29, 0.717) is 34.6 Å². The molecule has 1 amide bonds. The lowest BCUT2D eigenvalue weighted by Gasteiger charge is -2.10. The second-order valence-electron chi connectivity index (χ2n) is 5.98. The van der Waals surface area contributed by atoms with Crippen LogP contribution in [0, 0.1) is 0 Å². The van der Waals surface area contributed by atoms with Gasteiger partial charge in [-0.3, -0.25) is 4.79 Å². The molecular formula is C20H18N4O5. The first kappa shape index (κ1) is 18.4. The number of methoxy groups -OCH3 is 1. The molecule has 0 saturated carbocycles. The number of carbonyl (C=O) groups is 1. The van der Waals surface area contributed by atoms with Gasteiger partial charge in [-0.25, -0.2) is 0 Å². The maximum absolute atomic E-state index is 12.1. The molecule has 1 aliphatic rings. The number of fused-ring (bicyclic) bond motifs is 1. The molecule has 148 valence electrons. The molecule has 2 aromatic carbocycles. The molecule has 3 aromatic rings. The summed E-state index contributed by atoms with van der Waals surface area (Å²) in [6.45, 7) is 0.0347. The summed E-state index contributed by atoms with van der Waals surface area (Å²) >= 11 is 0. The first-order chi connectivity index (χ1) is 14.2. The molecule has 0 unspecified atom stereocenters. The molecule has 1 aromatic heterocycles. The van der Waals surface area contributed by atoms with Gasteiger partial charge in [0.15, 0.2) is 41.2 Å². The lowest BCUT2D eigenvalue weighted by atomic mass is 10.3. The van der Waals surface area contributed by atoms with Crippen LogP contribution in [-0.4, -0.2) is 36.6 Å². The van der Waals surface area contributed by atoms with Crippen molar-refractivity contribution >= 4 is 23.2 Å². The molecule has 0 aliphatic carbocycles. The van der Waals surface area contributed by atoms with Crippen molar-refractivity contribution in [2.75, 3.05) is 31.1 Å². The van der Waals surface area contributed by atoms with Gasteiger partial charge in [0.1, 0.15) is 0 Å². The van der Waals surface area contributed by atoms with Gasteiger partial charge in [-0.15, -0.1) is 10.2 Å². The number of hydrogen-bond donors (Lipinski definition) is 2. The summed E-state index contributed by atoms with van der Waals surface area (Å²) in [5.74, 6) is 2.89. The highest BCUT2D eigenvalue weighted by atomic mass is 16.7. The molecule has 29 heavy (non-hydrogen) atoms. The predicted octanol–water partition coefficient (Wildman–Crippen LogP) is 2.98. The lowest BCUT2D eigenvalue weighted by Crippen LogP contribution is -2.21. The molecule has 9 heteroatoms. The summed E-state index contributed by atoms with van der Waals surface area (Å²) in [6, 6.07) is 15.9. The molecule has 0 fully saturated rings. The highest BCUT2D eigenvalue weighted by Crippen LogP contribution is 2.34. The molecule has 0 spiro atoms. The van der Waals surface area contributed by atoms with Crippen molar-refractivity contribution in [3.63, 3.8) is 0 Å².